The van der Waals surface area contributed by atoms with Crippen molar-refractivity contribution in [1.29, 1.82) is 0 Å². The zero-order valence-corrected chi connectivity index (χ0v) is 13.8. The highest BCUT2D eigenvalue weighted by Gasteiger charge is 2.14. The van der Waals surface area contributed by atoms with E-state index < -0.39 is 12.6 Å². The predicted molar refractivity (Wildman–Crippen MR) is 96.1 cm³/mol. The summed E-state index contributed by atoms with van der Waals surface area (Å²) in [5, 5.41) is 12.4. The smallest absolute Gasteiger partial charge is 0.387 e. The molecule has 0 aliphatic heterocycles. The highest BCUT2D eigenvalue weighted by molar-refractivity contribution is 6.05. The molecule has 0 atom stereocenters. The number of hydrogen-bond acceptors (Lipinski definition) is 4. The van der Waals surface area contributed by atoms with Crippen LogP contribution >= 0.6 is 0 Å². The molecule has 2 amide bonds. The van der Waals surface area contributed by atoms with Crippen molar-refractivity contribution in [2.24, 2.45) is 0 Å². The highest BCUT2D eigenvalue weighted by Crippen LogP contribution is 2.27. The molecule has 27 heavy (non-hydrogen) atoms. The number of terminal acetylenes is 1. The maximum Gasteiger partial charge on any atom is 0.387 e. The normalized spacial score (nSPS) is 10.4. The molecule has 9 heteroatoms. The number of aromatic amines is 1. The molecule has 3 N–H and O–H groups in total. The Labute approximate surface area is 152 Å². The van der Waals surface area contributed by atoms with Gasteiger partial charge in [0, 0.05) is 11.5 Å². The molecule has 0 unspecified atom stereocenters. The van der Waals surface area contributed by atoms with Crippen molar-refractivity contribution >= 4 is 28.4 Å². The number of carbonyl (C=O) groups excluding carboxylic acids is 1. The van der Waals surface area contributed by atoms with Crippen LogP contribution in [0.3, 0.4) is 0 Å². The number of halogens is 2. The van der Waals surface area contributed by atoms with Gasteiger partial charge in [-0.3, -0.25) is 10.4 Å². The summed E-state index contributed by atoms with van der Waals surface area (Å²) in [5.41, 5.74) is 0.723. The van der Waals surface area contributed by atoms with Gasteiger partial charge in [0.05, 0.1) is 11.2 Å². The molecule has 2 aromatic carbocycles. The minimum Gasteiger partial charge on any atom is -0.481 e. The van der Waals surface area contributed by atoms with Gasteiger partial charge in [0.25, 0.3) is 0 Å². The number of nitrogens with zero attached hydrogens (tertiary/aromatic N) is 1. The van der Waals surface area contributed by atoms with E-state index >= 15 is 0 Å². The van der Waals surface area contributed by atoms with Crippen molar-refractivity contribution in [2.45, 2.75) is 6.61 Å². The van der Waals surface area contributed by atoms with Crippen molar-refractivity contribution in [3.05, 3.63) is 42.5 Å². The molecule has 7 nitrogen and oxygen atoms in total. The maximum absolute atomic E-state index is 12.4. The largest absolute Gasteiger partial charge is 0.481 e. The lowest BCUT2D eigenvalue weighted by molar-refractivity contribution is -0.0493. The Morgan fingerprint density at radius 1 is 1.26 bits per heavy atom. The Morgan fingerprint density at radius 2 is 2.07 bits per heavy atom. The number of hydrogen-bond donors (Lipinski definition) is 3. The van der Waals surface area contributed by atoms with Gasteiger partial charge >= 0.3 is 12.6 Å². The second-order valence-corrected chi connectivity index (χ2v) is 5.23. The number of urea groups is 1. The van der Waals surface area contributed by atoms with Crippen LogP contribution in [0, 0.1) is 12.3 Å². The first-order valence-corrected chi connectivity index (χ1v) is 7.73. The molecule has 0 spiro atoms. The van der Waals surface area contributed by atoms with E-state index in [2.05, 4.69) is 31.5 Å². The highest BCUT2D eigenvalue weighted by atomic mass is 19.3. The minimum absolute atomic E-state index is 0.0973. The predicted octanol–water partition coefficient (Wildman–Crippen LogP) is 3.82. The summed E-state index contributed by atoms with van der Waals surface area (Å²) in [7, 11) is 0. The first-order valence-electron chi connectivity index (χ1n) is 7.73. The fraction of sp³-hybridized carbons (Fsp3) is 0.111. The number of aromatic nitrogens is 2. The molecule has 1 heterocycles. The van der Waals surface area contributed by atoms with E-state index in [9.17, 15) is 13.6 Å². The molecule has 0 fully saturated rings. The van der Waals surface area contributed by atoms with Crippen LogP contribution in [0.25, 0.3) is 10.9 Å². The number of anilines is 2. The van der Waals surface area contributed by atoms with Crippen LogP contribution < -0.4 is 20.1 Å². The minimum atomic E-state index is -3.00. The average Bonchev–Trinajstić information content (AvgIpc) is 3.03. The molecule has 1 aromatic heterocycles. The number of nitrogens with one attached hydrogen (secondary N) is 3. The number of rotatable bonds is 6. The monoisotopic (exact) mass is 372 g/mol. The van der Waals surface area contributed by atoms with Gasteiger partial charge in [-0.1, -0.05) is 18.1 Å². The summed E-state index contributed by atoms with van der Waals surface area (Å²) >= 11 is 0. The van der Waals surface area contributed by atoms with Crippen molar-refractivity contribution in [3.63, 3.8) is 0 Å². The number of carbonyl (C=O) groups is 1. The molecule has 3 rings (SSSR count). The van der Waals surface area contributed by atoms with E-state index in [1.807, 2.05) is 0 Å². The lowest BCUT2D eigenvalue weighted by Crippen LogP contribution is -2.20. The zero-order valence-electron chi connectivity index (χ0n) is 13.8. The SMILES string of the molecule is C#CCOc1ccc2c(NC(=O)Nc3ccccc3OC(F)F)n[nH]c2c1. The number of amides is 2. The standard InChI is InChI=1S/C18H14F2N4O3/c1-2-9-26-11-7-8-12-14(10-11)23-24-16(12)22-18(25)21-13-5-3-4-6-15(13)27-17(19)20/h1,3-8,10,17H,9H2,(H3,21,22,23,24,25). The second-order valence-electron chi connectivity index (χ2n) is 5.23. The van der Waals surface area contributed by atoms with Gasteiger partial charge in [-0.25, -0.2) is 4.79 Å². The maximum atomic E-state index is 12.4. The third-order valence-electron chi connectivity index (χ3n) is 3.44. The van der Waals surface area contributed by atoms with Crippen LogP contribution in [0.4, 0.5) is 25.1 Å². The molecule has 0 saturated heterocycles. The molecular weight excluding hydrogens is 358 g/mol. The van der Waals surface area contributed by atoms with E-state index in [-0.39, 0.29) is 23.9 Å². The molecular formula is C18H14F2N4O3. The third-order valence-corrected chi connectivity index (χ3v) is 3.44. The molecule has 0 aliphatic carbocycles. The Bertz CT molecular complexity index is 998. The van der Waals surface area contributed by atoms with Gasteiger partial charge in [-0.15, -0.1) is 6.42 Å². The Kier molecular flexibility index (Phi) is 5.37. The molecule has 0 bridgehead atoms. The van der Waals surface area contributed by atoms with Crippen LogP contribution in [0.2, 0.25) is 0 Å². The summed E-state index contributed by atoms with van der Waals surface area (Å²) in [4.78, 5) is 12.2. The quantitative estimate of drug-likeness (QED) is 0.574. The van der Waals surface area contributed by atoms with Gasteiger partial charge in [-0.2, -0.15) is 13.9 Å². The van der Waals surface area contributed by atoms with Crippen LogP contribution in [0.15, 0.2) is 42.5 Å². The molecule has 0 radical (unpaired) electrons. The van der Waals surface area contributed by atoms with E-state index in [0.29, 0.717) is 16.7 Å². The number of benzene rings is 2. The summed E-state index contributed by atoms with van der Waals surface area (Å²) in [6.07, 6.45) is 5.15. The second kappa shape index (κ2) is 8.05. The summed E-state index contributed by atoms with van der Waals surface area (Å²) in [5.74, 6) is 3.03. The van der Waals surface area contributed by atoms with Gasteiger partial charge in [0.1, 0.15) is 18.1 Å². The number of fused-ring (bicyclic) bond motifs is 1. The van der Waals surface area contributed by atoms with E-state index in [1.54, 1.807) is 24.3 Å². The van der Waals surface area contributed by atoms with Crippen molar-refractivity contribution in [2.75, 3.05) is 17.2 Å². The number of para-hydroxylation sites is 2. The van der Waals surface area contributed by atoms with E-state index in [0.717, 1.165) is 0 Å². The summed E-state index contributed by atoms with van der Waals surface area (Å²) in [6.45, 7) is -2.87. The molecule has 138 valence electrons. The zero-order chi connectivity index (χ0) is 19.2. The lowest BCUT2D eigenvalue weighted by atomic mass is 10.2. The van der Waals surface area contributed by atoms with Gasteiger partial charge < -0.3 is 14.8 Å². The van der Waals surface area contributed by atoms with Crippen LogP contribution in [0.5, 0.6) is 11.5 Å². The van der Waals surface area contributed by atoms with Crippen molar-refractivity contribution in [1.82, 2.24) is 10.2 Å². The Morgan fingerprint density at radius 3 is 2.85 bits per heavy atom. The van der Waals surface area contributed by atoms with Crippen LogP contribution in [-0.2, 0) is 0 Å². The number of ether oxygens (including phenoxy) is 2. The fourth-order valence-electron chi connectivity index (χ4n) is 2.34. The third kappa shape index (κ3) is 4.43. The summed E-state index contributed by atoms with van der Waals surface area (Å²) < 4.78 is 34.6. The number of alkyl halides is 2. The Hall–Kier alpha value is -3.80. The average molecular weight is 372 g/mol. The van der Waals surface area contributed by atoms with Crippen LogP contribution in [-0.4, -0.2) is 29.4 Å². The topological polar surface area (TPSA) is 88.3 Å². The lowest BCUT2D eigenvalue weighted by Gasteiger charge is -2.11. The molecule has 0 aliphatic rings. The first kappa shape index (κ1) is 18.0. The van der Waals surface area contributed by atoms with Crippen molar-refractivity contribution < 1.29 is 23.0 Å². The molecule has 0 saturated carbocycles. The van der Waals surface area contributed by atoms with Crippen molar-refractivity contribution in [3.8, 4) is 23.8 Å². The van der Waals surface area contributed by atoms with Gasteiger partial charge in [0.2, 0.25) is 0 Å². The Balaban J connectivity index is 1.72. The first-order chi connectivity index (χ1) is 13.1. The van der Waals surface area contributed by atoms with Gasteiger partial charge in [0.15, 0.2) is 5.82 Å². The molecule has 3 aromatic rings. The summed E-state index contributed by atoms with van der Waals surface area (Å²) in [6, 6.07) is 10.3. The van der Waals surface area contributed by atoms with Crippen LogP contribution in [0.1, 0.15) is 0 Å². The fourth-order valence-corrected chi connectivity index (χ4v) is 2.34. The van der Waals surface area contributed by atoms with E-state index in [4.69, 9.17) is 11.2 Å². The van der Waals surface area contributed by atoms with E-state index in [1.165, 1.54) is 18.2 Å². The number of H-pyrrole nitrogens is 1. The van der Waals surface area contributed by atoms with Gasteiger partial charge in [-0.05, 0) is 24.3 Å².